The molecule has 1 amide bonds. The fraction of sp³-hybridized carbons (Fsp3) is 0.778. The number of piperazine rings is 1. The van der Waals surface area contributed by atoms with Gasteiger partial charge in [0.05, 0.1) is 6.07 Å². The summed E-state index contributed by atoms with van der Waals surface area (Å²) in [7, 11) is -3.63. The van der Waals surface area contributed by atoms with Crippen molar-refractivity contribution < 1.29 is 13.2 Å². The fourth-order valence-corrected chi connectivity index (χ4v) is 2.32. The average Bonchev–Trinajstić information content (AvgIpc) is 2.28. The SMILES string of the molecule is CC(C#N)S(=O)(=O)CC(=O)N1CCNCC1. The summed E-state index contributed by atoms with van der Waals surface area (Å²) in [5.41, 5.74) is 0. The van der Waals surface area contributed by atoms with Gasteiger partial charge in [0, 0.05) is 26.2 Å². The van der Waals surface area contributed by atoms with Crippen LogP contribution in [0.4, 0.5) is 0 Å². The number of carbonyl (C=O) groups excluding carboxylic acids is 1. The van der Waals surface area contributed by atoms with Gasteiger partial charge in [-0.05, 0) is 6.92 Å². The first-order valence-corrected chi connectivity index (χ1v) is 6.78. The normalized spacial score (nSPS) is 18.9. The van der Waals surface area contributed by atoms with Gasteiger partial charge in [-0.3, -0.25) is 4.79 Å². The predicted molar refractivity (Wildman–Crippen MR) is 58.3 cm³/mol. The molecule has 1 atom stereocenters. The van der Waals surface area contributed by atoms with E-state index >= 15 is 0 Å². The molecule has 0 bridgehead atoms. The van der Waals surface area contributed by atoms with Crippen LogP contribution in [0.3, 0.4) is 0 Å². The molecule has 0 saturated carbocycles. The van der Waals surface area contributed by atoms with Crippen molar-refractivity contribution in [2.24, 2.45) is 0 Å². The second-order valence-electron chi connectivity index (χ2n) is 3.71. The number of hydrogen-bond acceptors (Lipinski definition) is 5. The molecule has 1 rings (SSSR count). The maximum Gasteiger partial charge on any atom is 0.237 e. The fourth-order valence-electron chi connectivity index (χ4n) is 1.38. The lowest BCUT2D eigenvalue weighted by Gasteiger charge is -2.27. The monoisotopic (exact) mass is 245 g/mol. The van der Waals surface area contributed by atoms with Crippen LogP contribution in [-0.2, 0) is 14.6 Å². The van der Waals surface area contributed by atoms with Crippen molar-refractivity contribution in [3.8, 4) is 6.07 Å². The van der Waals surface area contributed by atoms with Gasteiger partial charge < -0.3 is 10.2 Å². The van der Waals surface area contributed by atoms with Gasteiger partial charge in [0.2, 0.25) is 5.91 Å². The molecule has 7 heteroatoms. The van der Waals surface area contributed by atoms with Crippen molar-refractivity contribution in [3.05, 3.63) is 0 Å². The molecule has 0 aromatic carbocycles. The zero-order chi connectivity index (χ0) is 12.2. The first-order valence-electron chi connectivity index (χ1n) is 5.07. The minimum Gasteiger partial charge on any atom is -0.339 e. The van der Waals surface area contributed by atoms with E-state index in [-0.39, 0.29) is 0 Å². The summed E-state index contributed by atoms with van der Waals surface area (Å²) in [6, 6.07) is 1.64. The Kier molecular flexibility index (Phi) is 4.26. The number of amides is 1. The van der Waals surface area contributed by atoms with Crippen molar-refractivity contribution >= 4 is 15.7 Å². The molecule has 1 fully saturated rings. The Bertz CT molecular complexity index is 393. The van der Waals surface area contributed by atoms with E-state index in [0.29, 0.717) is 26.2 Å². The van der Waals surface area contributed by atoms with Crippen LogP contribution in [0, 0.1) is 11.3 Å². The number of nitrogens with zero attached hydrogens (tertiary/aromatic N) is 2. The molecule has 0 aromatic rings. The smallest absolute Gasteiger partial charge is 0.237 e. The largest absolute Gasteiger partial charge is 0.339 e. The van der Waals surface area contributed by atoms with Crippen LogP contribution in [0.5, 0.6) is 0 Å². The van der Waals surface area contributed by atoms with Crippen LogP contribution >= 0.6 is 0 Å². The van der Waals surface area contributed by atoms with Crippen molar-refractivity contribution in [2.75, 3.05) is 31.9 Å². The Labute approximate surface area is 95.1 Å². The summed E-state index contributed by atoms with van der Waals surface area (Å²) in [6.07, 6.45) is 0. The minimum absolute atomic E-state index is 0.413. The average molecular weight is 245 g/mol. The van der Waals surface area contributed by atoms with Gasteiger partial charge >= 0.3 is 0 Å². The Hall–Kier alpha value is -1.13. The van der Waals surface area contributed by atoms with E-state index < -0.39 is 26.7 Å². The van der Waals surface area contributed by atoms with E-state index in [9.17, 15) is 13.2 Å². The molecule has 0 spiro atoms. The van der Waals surface area contributed by atoms with E-state index in [0.717, 1.165) is 0 Å². The third-order valence-electron chi connectivity index (χ3n) is 2.51. The van der Waals surface area contributed by atoms with E-state index in [2.05, 4.69) is 5.32 Å². The first-order chi connectivity index (χ1) is 7.47. The summed E-state index contributed by atoms with van der Waals surface area (Å²) in [4.78, 5) is 13.2. The van der Waals surface area contributed by atoms with Crippen LogP contribution in [-0.4, -0.2) is 56.4 Å². The van der Waals surface area contributed by atoms with Gasteiger partial charge in [0.25, 0.3) is 0 Å². The molecule has 0 aromatic heterocycles. The van der Waals surface area contributed by atoms with Crippen LogP contribution in [0.1, 0.15) is 6.92 Å². The Balaban J connectivity index is 2.60. The molecule has 16 heavy (non-hydrogen) atoms. The van der Waals surface area contributed by atoms with Gasteiger partial charge in [-0.2, -0.15) is 5.26 Å². The van der Waals surface area contributed by atoms with Gasteiger partial charge in [0.1, 0.15) is 11.0 Å². The highest BCUT2D eigenvalue weighted by Gasteiger charge is 2.27. The second-order valence-corrected chi connectivity index (χ2v) is 6.03. The molecule has 90 valence electrons. The highest BCUT2D eigenvalue weighted by Crippen LogP contribution is 2.03. The van der Waals surface area contributed by atoms with Gasteiger partial charge in [-0.25, -0.2) is 8.42 Å². The van der Waals surface area contributed by atoms with Crippen molar-refractivity contribution in [2.45, 2.75) is 12.2 Å². The lowest BCUT2D eigenvalue weighted by molar-refractivity contribution is -0.128. The Morgan fingerprint density at radius 2 is 2.06 bits per heavy atom. The molecular weight excluding hydrogens is 230 g/mol. The third kappa shape index (κ3) is 3.18. The first kappa shape index (κ1) is 12.9. The summed E-state index contributed by atoms with van der Waals surface area (Å²) in [5.74, 6) is -0.981. The minimum atomic E-state index is -3.63. The molecule has 6 nitrogen and oxygen atoms in total. The molecule has 1 heterocycles. The standard InChI is InChI=1S/C9H15N3O3S/c1-8(6-10)16(14,15)7-9(13)12-4-2-11-3-5-12/h8,11H,2-5,7H2,1H3. The number of nitrogens with one attached hydrogen (secondary N) is 1. The zero-order valence-corrected chi connectivity index (χ0v) is 9.96. The highest BCUT2D eigenvalue weighted by atomic mass is 32.2. The second kappa shape index (κ2) is 5.27. The molecule has 1 unspecified atom stereocenters. The van der Waals surface area contributed by atoms with E-state index in [1.54, 1.807) is 6.07 Å². The van der Waals surface area contributed by atoms with Crippen LogP contribution in [0.25, 0.3) is 0 Å². The van der Waals surface area contributed by atoms with Gasteiger partial charge in [0.15, 0.2) is 9.84 Å². The van der Waals surface area contributed by atoms with Crippen LogP contribution in [0.2, 0.25) is 0 Å². The summed E-state index contributed by atoms with van der Waals surface area (Å²) in [6.45, 7) is 3.70. The Morgan fingerprint density at radius 3 is 2.56 bits per heavy atom. The summed E-state index contributed by atoms with van der Waals surface area (Å²) in [5, 5.41) is 10.5. The molecule has 0 radical (unpaired) electrons. The quantitative estimate of drug-likeness (QED) is 0.670. The maximum atomic E-state index is 11.6. The zero-order valence-electron chi connectivity index (χ0n) is 9.14. The van der Waals surface area contributed by atoms with Crippen molar-refractivity contribution in [1.82, 2.24) is 10.2 Å². The van der Waals surface area contributed by atoms with E-state index in [1.807, 2.05) is 0 Å². The lowest BCUT2D eigenvalue weighted by Crippen LogP contribution is -2.48. The summed E-state index contributed by atoms with van der Waals surface area (Å²) < 4.78 is 23.1. The molecule has 1 aliphatic rings. The molecule has 1 aliphatic heterocycles. The van der Waals surface area contributed by atoms with Crippen molar-refractivity contribution in [1.29, 1.82) is 5.26 Å². The molecule has 1 saturated heterocycles. The topological polar surface area (TPSA) is 90.3 Å². The number of hydrogen-bond donors (Lipinski definition) is 1. The summed E-state index contributed by atoms with van der Waals surface area (Å²) >= 11 is 0. The molecule has 0 aliphatic carbocycles. The number of rotatable bonds is 3. The Morgan fingerprint density at radius 1 is 1.50 bits per heavy atom. The highest BCUT2D eigenvalue weighted by molar-refractivity contribution is 7.92. The number of sulfone groups is 1. The van der Waals surface area contributed by atoms with Gasteiger partial charge in [-0.1, -0.05) is 0 Å². The van der Waals surface area contributed by atoms with Gasteiger partial charge in [-0.15, -0.1) is 0 Å². The van der Waals surface area contributed by atoms with Crippen molar-refractivity contribution in [3.63, 3.8) is 0 Å². The van der Waals surface area contributed by atoms with E-state index in [4.69, 9.17) is 5.26 Å². The molecule has 1 N–H and O–H groups in total. The maximum absolute atomic E-state index is 11.6. The predicted octanol–water partition coefficient (Wildman–Crippen LogP) is -1.25. The molecular formula is C9H15N3O3S. The van der Waals surface area contributed by atoms with E-state index in [1.165, 1.54) is 11.8 Å². The lowest BCUT2D eigenvalue weighted by atomic mass is 10.3. The number of carbonyl (C=O) groups is 1. The van der Waals surface area contributed by atoms with Crippen LogP contribution < -0.4 is 5.32 Å². The third-order valence-corrected chi connectivity index (χ3v) is 4.35. The van der Waals surface area contributed by atoms with Crippen LogP contribution in [0.15, 0.2) is 0 Å². The number of nitriles is 1.